The van der Waals surface area contributed by atoms with Gasteiger partial charge in [-0.05, 0) is 67.9 Å². The summed E-state index contributed by atoms with van der Waals surface area (Å²) in [5.41, 5.74) is 0.752. The molecule has 6 nitrogen and oxygen atoms in total. The number of thioether (sulfide) groups is 1. The minimum Gasteiger partial charge on any atom is -0.496 e. The highest BCUT2D eigenvalue weighted by Gasteiger charge is 2.48. The fraction of sp³-hybridized carbons (Fsp3) is 0.571. The van der Waals surface area contributed by atoms with Gasteiger partial charge in [-0.25, -0.2) is 0 Å². The highest BCUT2D eigenvalue weighted by molar-refractivity contribution is 7.99. The van der Waals surface area contributed by atoms with Crippen molar-refractivity contribution >= 4 is 17.7 Å². The molecule has 0 spiro atoms. The minimum absolute atomic E-state index is 0.0690. The molecule has 148 valence electrons. The lowest BCUT2D eigenvalue weighted by Gasteiger charge is -2.54. The van der Waals surface area contributed by atoms with Crippen LogP contribution < -0.4 is 10.1 Å². The predicted molar refractivity (Wildman–Crippen MR) is 106 cm³/mol. The topological polar surface area (TPSA) is 77.2 Å². The number of hydrogen-bond donors (Lipinski definition) is 1. The summed E-state index contributed by atoms with van der Waals surface area (Å²) in [5.74, 6) is 4.66. The van der Waals surface area contributed by atoms with E-state index in [2.05, 4.69) is 15.5 Å². The first kappa shape index (κ1) is 18.0. The molecule has 0 unspecified atom stereocenters. The number of nitrogens with zero attached hydrogens (tertiary/aromatic N) is 2. The summed E-state index contributed by atoms with van der Waals surface area (Å²) < 4.78 is 11.1. The normalized spacial score (nSPS) is 30.4. The van der Waals surface area contributed by atoms with Crippen LogP contribution in [0.5, 0.6) is 5.75 Å². The largest absolute Gasteiger partial charge is 0.496 e. The molecule has 1 aromatic carbocycles. The summed E-state index contributed by atoms with van der Waals surface area (Å²) in [5, 5.41) is 11.9. The van der Waals surface area contributed by atoms with Crippen LogP contribution in [0, 0.1) is 23.7 Å². The standard InChI is InChI=1S/C21H25N3O3S/c1-26-17-5-3-2-4-16(17)20-23-24-21(27-20)28-11-18(25)22-19-14-7-12-6-13(9-14)10-15(19)8-12/h2-5,12-15,19H,6-11H2,1H3,(H,22,25). The van der Waals surface area contributed by atoms with Crippen LogP contribution in [-0.4, -0.2) is 35.0 Å². The molecule has 6 rings (SSSR count). The Morgan fingerprint density at radius 3 is 2.57 bits per heavy atom. The van der Waals surface area contributed by atoms with Gasteiger partial charge in [-0.2, -0.15) is 0 Å². The molecule has 4 aliphatic carbocycles. The van der Waals surface area contributed by atoms with Crippen molar-refractivity contribution in [3.05, 3.63) is 24.3 Å². The highest BCUT2D eigenvalue weighted by Crippen LogP contribution is 2.53. The second-order valence-corrected chi connectivity index (χ2v) is 9.31. The molecule has 4 fully saturated rings. The van der Waals surface area contributed by atoms with Crippen molar-refractivity contribution in [1.29, 1.82) is 0 Å². The lowest BCUT2D eigenvalue weighted by molar-refractivity contribution is -0.122. The van der Waals surface area contributed by atoms with E-state index < -0.39 is 0 Å². The Bertz CT molecular complexity index is 840. The predicted octanol–water partition coefficient (Wildman–Crippen LogP) is 3.78. The van der Waals surface area contributed by atoms with Gasteiger partial charge in [0.2, 0.25) is 5.91 Å². The number of rotatable bonds is 6. The third kappa shape index (κ3) is 3.41. The molecule has 28 heavy (non-hydrogen) atoms. The van der Waals surface area contributed by atoms with Crippen LogP contribution in [0.15, 0.2) is 33.9 Å². The van der Waals surface area contributed by atoms with Gasteiger partial charge in [-0.15, -0.1) is 10.2 Å². The maximum atomic E-state index is 12.5. The fourth-order valence-corrected chi connectivity index (χ4v) is 6.29. The molecule has 1 aromatic heterocycles. The zero-order valence-electron chi connectivity index (χ0n) is 16.0. The molecule has 4 bridgehead atoms. The van der Waals surface area contributed by atoms with Crippen LogP contribution in [0.3, 0.4) is 0 Å². The second kappa shape index (κ2) is 7.43. The number of ether oxygens (including phenoxy) is 1. The summed E-state index contributed by atoms with van der Waals surface area (Å²) in [6.07, 6.45) is 6.64. The minimum atomic E-state index is 0.0690. The number of methoxy groups -OCH3 is 1. The van der Waals surface area contributed by atoms with Crippen molar-refractivity contribution in [2.45, 2.75) is 43.4 Å². The monoisotopic (exact) mass is 399 g/mol. The number of nitrogens with one attached hydrogen (secondary N) is 1. The van der Waals surface area contributed by atoms with Crippen LogP contribution in [-0.2, 0) is 4.79 Å². The van der Waals surface area contributed by atoms with E-state index >= 15 is 0 Å². The van der Waals surface area contributed by atoms with Crippen molar-refractivity contribution in [3.63, 3.8) is 0 Å². The number of aromatic nitrogens is 2. The van der Waals surface area contributed by atoms with Gasteiger partial charge < -0.3 is 14.5 Å². The SMILES string of the molecule is COc1ccccc1-c1nnc(SCC(=O)NC2C3CC4CC(C3)CC2C4)o1. The zero-order chi connectivity index (χ0) is 19.1. The van der Waals surface area contributed by atoms with Gasteiger partial charge in [0.05, 0.1) is 18.4 Å². The smallest absolute Gasteiger partial charge is 0.277 e. The van der Waals surface area contributed by atoms with Crippen LogP contribution in [0.1, 0.15) is 32.1 Å². The van der Waals surface area contributed by atoms with E-state index in [9.17, 15) is 4.79 Å². The molecule has 1 heterocycles. The maximum Gasteiger partial charge on any atom is 0.277 e. The Kier molecular flexibility index (Phi) is 4.78. The number of carbonyl (C=O) groups is 1. The molecular weight excluding hydrogens is 374 g/mol. The van der Waals surface area contributed by atoms with Gasteiger partial charge in [0.25, 0.3) is 11.1 Å². The molecule has 0 atom stereocenters. The quantitative estimate of drug-likeness (QED) is 0.745. The second-order valence-electron chi connectivity index (χ2n) is 8.39. The molecule has 0 aliphatic heterocycles. The van der Waals surface area contributed by atoms with Gasteiger partial charge in [-0.3, -0.25) is 4.79 Å². The molecule has 2 aromatic rings. The summed E-state index contributed by atoms with van der Waals surface area (Å²) >= 11 is 1.29. The van der Waals surface area contributed by atoms with Gasteiger partial charge in [0, 0.05) is 6.04 Å². The third-order valence-electron chi connectivity index (χ3n) is 6.62. The molecule has 1 N–H and O–H groups in total. The lowest BCUT2D eigenvalue weighted by Crippen LogP contribution is -2.56. The van der Waals surface area contributed by atoms with Crippen LogP contribution in [0.25, 0.3) is 11.5 Å². The molecule has 7 heteroatoms. The first-order chi connectivity index (χ1) is 13.7. The van der Waals surface area contributed by atoms with Gasteiger partial charge >= 0.3 is 0 Å². The first-order valence-electron chi connectivity index (χ1n) is 10.1. The van der Waals surface area contributed by atoms with Crippen molar-refractivity contribution in [2.24, 2.45) is 23.7 Å². The molecule has 0 radical (unpaired) electrons. The summed E-state index contributed by atoms with van der Waals surface area (Å²) in [6.45, 7) is 0. The van der Waals surface area contributed by atoms with E-state index in [-0.39, 0.29) is 5.91 Å². The van der Waals surface area contributed by atoms with Crippen molar-refractivity contribution in [3.8, 4) is 17.2 Å². The Morgan fingerprint density at radius 1 is 1.14 bits per heavy atom. The summed E-state index contributed by atoms with van der Waals surface area (Å²) in [4.78, 5) is 12.5. The van der Waals surface area contributed by atoms with Gasteiger partial charge in [0.1, 0.15) is 5.75 Å². The van der Waals surface area contributed by atoms with E-state index in [0.29, 0.717) is 40.5 Å². The molecule has 0 saturated heterocycles. The average Bonchev–Trinajstić information content (AvgIpc) is 3.17. The Morgan fingerprint density at radius 2 is 1.86 bits per heavy atom. The van der Waals surface area contributed by atoms with Crippen molar-refractivity contribution in [1.82, 2.24) is 15.5 Å². The van der Waals surface area contributed by atoms with Gasteiger partial charge in [-0.1, -0.05) is 23.9 Å². The fourth-order valence-electron chi connectivity index (χ4n) is 5.71. The van der Waals surface area contributed by atoms with Crippen LogP contribution in [0.2, 0.25) is 0 Å². The highest BCUT2D eigenvalue weighted by atomic mass is 32.2. The lowest BCUT2D eigenvalue weighted by atomic mass is 9.54. The van der Waals surface area contributed by atoms with Crippen LogP contribution in [0.4, 0.5) is 0 Å². The van der Waals surface area contributed by atoms with Crippen molar-refractivity contribution in [2.75, 3.05) is 12.9 Å². The van der Waals surface area contributed by atoms with E-state index in [4.69, 9.17) is 9.15 Å². The summed E-state index contributed by atoms with van der Waals surface area (Å²) in [6, 6.07) is 7.88. The summed E-state index contributed by atoms with van der Waals surface area (Å²) in [7, 11) is 1.61. The van der Waals surface area contributed by atoms with E-state index in [1.807, 2.05) is 24.3 Å². The van der Waals surface area contributed by atoms with E-state index in [1.54, 1.807) is 7.11 Å². The van der Waals surface area contributed by atoms with E-state index in [1.165, 1.54) is 43.9 Å². The molecule has 4 saturated carbocycles. The van der Waals surface area contributed by atoms with Crippen molar-refractivity contribution < 1.29 is 13.9 Å². The Labute approximate surface area is 168 Å². The Balaban J connectivity index is 1.18. The number of para-hydroxylation sites is 1. The number of hydrogen-bond acceptors (Lipinski definition) is 6. The maximum absolute atomic E-state index is 12.5. The van der Waals surface area contributed by atoms with Gasteiger partial charge in [0.15, 0.2) is 0 Å². The van der Waals surface area contributed by atoms with E-state index in [0.717, 1.165) is 17.4 Å². The number of carbonyl (C=O) groups excluding carboxylic acids is 1. The number of amides is 1. The molecular formula is C21H25N3O3S. The Hall–Kier alpha value is -2.02. The molecule has 1 amide bonds. The number of benzene rings is 1. The molecule has 4 aliphatic rings. The zero-order valence-corrected chi connectivity index (χ0v) is 16.8. The van der Waals surface area contributed by atoms with Crippen LogP contribution >= 0.6 is 11.8 Å². The first-order valence-corrected chi connectivity index (χ1v) is 11.1. The third-order valence-corrected chi connectivity index (χ3v) is 7.44. The average molecular weight is 400 g/mol.